The van der Waals surface area contributed by atoms with E-state index in [9.17, 15) is 0 Å². The molecule has 3 heteroatoms. The second kappa shape index (κ2) is 4.23. The van der Waals surface area contributed by atoms with E-state index in [1.54, 1.807) is 6.20 Å². The van der Waals surface area contributed by atoms with E-state index in [1.807, 2.05) is 31.1 Å². The van der Waals surface area contributed by atoms with Crippen molar-refractivity contribution in [2.75, 3.05) is 19.0 Å². The number of aromatic nitrogens is 1. The Labute approximate surface area is 79.6 Å². The molecule has 0 aliphatic carbocycles. The van der Waals surface area contributed by atoms with Crippen LogP contribution < -0.4 is 10.6 Å². The number of rotatable bonds is 3. The molecule has 0 amide bonds. The van der Waals surface area contributed by atoms with Gasteiger partial charge in [-0.15, -0.1) is 0 Å². The molecule has 1 atom stereocenters. The molecule has 0 aliphatic rings. The van der Waals surface area contributed by atoms with Crippen molar-refractivity contribution in [2.24, 2.45) is 5.73 Å². The van der Waals surface area contributed by atoms with E-state index >= 15 is 0 Å². The van der Waals surface area contributed by atoms with E-state index in [4.69, 9.17) is 5.73 Å². The number of nitrogens with two attached hydrogens (primary N) is 1. The van der Waals surface area contributed by atoms with Crippen LogP contribution in [0.15, 0.2) is 18.3 Å². The molecule has 1 aromatic heterocycles. The molecule has 2 N–H and O–H groups in total. The maximum atomic E-state index is 5.88. The third-order valence-corrected chi connectivity index (χ3v) is 2.10. The minimum Gasteiger partial charge on any atom is -0.378 e. The number of hydrogen-bond acceptors (Lipinski definition) is 3. The third-order valence-electron chi connectivity index (χ3n) is 2.10. The van der Waals surface area contributed by atoms with Gasteiger partial charge in [0.05, 0.1) is 5.69 Å². The summed E-state index contributed by atoms with van der Waals surface area (Å²) in [6.07, 6.45) is 2.73. The van der Waals surface area contributed by atoms with Gasteiger partial charge in [-0.2, -0.15) is 0 Å². The van der Waals surface area contributed by atoms with Crippen molar-refractivity contribution in [3.8, 4) is 0 Å². The van der Waals surface area contributed by atoms with E-state index in [2.05, 4.69) is 11.9 Å². The molecule has 0 fully saturated rings. The van der Waals surface area contributed by atoms with Crippen LogP contribution in [0.25, 0.3) is 0 Å². The summed E-state index contributed by atoms with van der Waals surface area (Å²) >= 11 is 0. The smallest absolute Gasteiger partial charge is 0.0591 e. The molecule has 72 valence electrons. The summed E-state index contributed by atoms with van der Waals surface area (Å²) in [5, 5.41) is 0. The summed E-state index contributed by atoms with van der Waals surface area (Å²) in [6, 6.07) is 4.07. The highest BCUT2D eigenvalue weighted by atomic mass is 15.1. The van der Waals surface area contributed by atoms with Gasteiger partial charge in [0.1, 0.15) is 0 Å². The van der Waals surface area contributed by atoms with Gasteiger partial charge in [0, 0.05) is 32.0 Å². The zero-order valence-corrected chi connectivity index (χ0v) is 8.49. The lowest BCUT2D eigenvalue weighted by atomic mass is 10.1. The largest absolute Gasteiger partial charge is 0.378 e. The Balaban J connectivity index is 2.91. The Bertz CT molecular complexity index is 271. The predicted octanol–water partition coefficient (Wildman–Crippen LogP) is 1.56. The first-order valence-corrected chi connectivity index (χ1v) is 4.54. The molecule has 0 radical (unpaired) electrons. The lowest BCUT2D eigenvalue weighted by Crippen LogP contribution is -2.13. The van der Waals surface area contributed by atoms with Crippen LogP contribution in [-0.4, -0.2) is 19.1 Å². The fourth-order valence-electron chi connectivity index (χ4n) is 1.13. The molecule has 1 rings (SSSR count). The van der Waals surface area contributed by atoms with E-state index in [0.717, 1.165) is 17.8 Å². The van der Waals surface area contributed by atoms with Crippen molar-refractivity contribution in [2.45, 2.75) is 19.4 Å². The number of nitrogens with zero attached hydrogens (tertiary/aromatic N) is 2. The molecule has 0 saturated carbocycles. The van der Waals surface area contributed by atoms with Gasteiger partial charge in [-0.3, -0.25) is 4.98 Å². The van der Waals surface area contributed by atoms with Gasteiger partial charge in [-0.05, 0) is 18.6 Å². The Morgan fingerprint density at radius 1 is 1.54 bits per heavy atom. The molecule has 1 heterocycles. The van der Waals surface area contributed by atoms with Crippen molar-refractivity contribution in [3.05, 3.63) is 24.0 Å². The van der Waals surface area contributed by atoms with E-state index in [1.165, 1.54) is 0 Å². The fraction of sp³-hybridized carbons (Fsp3) is 0.500. The molecule has 3 nitrogen and oxygen atoms in total. The Morgan fingerprint density at radius 2 is 2.23 bits per heavy atom. The first-order valence-electron chi connectivity index (χ1n) is 4.54. The SMILES string of the molecule is CCC(N)c1cc(N(C)C)ccn1. The highest BCUT2D eigenvalue weighted by Gasteiger charge is 2.05. The molecule has 1 unspecified atom stereocenters. The van der Waals surface area contributed by atoms with Crippen LogP contribution in [0.4, 0.5) is 5.69 Å². The van der Waals surface area contributed by atoms with Gasteiger partial charge in [-0.25, -0.2) is 0 Å². The highest BCUT2D eigenvalue weighted by molar-refractivity contribution is 5.45. The summed E-state index contributed by atoms with van der Waals surface area (Å²) in [7, 11) is 4.02. The van der Waals surface area contributed by atoms with E-state index in [0.29, 0.717) is 0 Å². The average Bonchev–Trinajstić information content (AvgIpc) is 2.17. The predicted molar refractivity (Wildman–Crippen MR) is 55.8 cm³/mol. The summed E-state index contributed by atoms with van der Waals surface area (Å²) in [5.74, 6) is 0. The Kier molecular flexibility index (Phi) is 3.25. The summed E-state index contributed by atoms with van der Waals surface area (Å²) in [6.45, 7) is 2.06. The van der Waals surface area contributed by atoms with Gasteiger partial charge in [0.25, 0.3) is 0 Å². The van der Waals surface area contributed by atoms with Crippen molar-refractivity contribution in [3.63, 3.8) is 0 Å². The molecule has 0 aromatic carbocycles. The van der Waals surface area contributed by atoms with E-state index in [-0.39, 0.29) is 6.04 Å². The van der Waals surface area contributed by atoms with Crippen LogP contribution in [0.5, 0.6) is 0 Å². The van der Waals surface area contributed by atoms with Crippen LogP contribution in [0.3, 0.4) is 0 Å². The van der Waals surface area contributed by atoms with Crippen molar-refractivity contribution in [1.82, 2.24) is 4.98 Å². The minimum absolute atomic E-state index is 0.0555. The topological polar surface area (TPSA) is 42.1 Å². The minimum atomic E-state index is 0.0555. The normalized spacial score (nSPS) is 12.6. The quantitative estimate of drug-likeness (QED) is 0.765. The molecule has 0 aliphatic heterocycles. The van der Waals surface area contributed by atoms with Crippen LogP contribution >= 0.6 is 0 Å². The van der Waals surface area contributed by atoms with Gasteiger partial charge < -0.3 is 10.6 Å². The lowest BCUT2D eigenvalue weighted by molar-refractivity contribution is 0.675. The average molecular weight is 179 g/mol. The van der Waals surface area contributed by atoms with Gasteiger partial charge >= 0.3 is 0 Å². The zero-order chi connectivity index (χ0) is 9.84. The Hall–Kier alpha value is -1.09. The van der Waals surface area contributed by atoms with Crippen LogP contribution in [0, 0.1) is 0 Å². The fourth-order valence-corrected chi connectivity index (χ4v) is 1.13. The van der Waals surface area contributed by atoms with E-state index < -0.39 is 0 Å². The van der Waals surface area contributed by atoms with Gasteiger partial charge in [0.15, 0.2) is 0 Å². The summed E-state index contributed by atoms with van der Waals surface area (Å²) in [4.78, 5) is 6.29. The van der Waals surface area contributed by atoms with Gasteiger partial charge in [0.2, 0.25) is 0 Å². The van der Waals surface area contributed by atoms with Crippen molar-refractivity contribution >= 4 is 5.69 Å². The second-order valence-electron chi connectivity index (χ2n) is 3.35. The first-order chi connectivity index (χ1) is 6.15. The number of pyridine rings is 1. The molecule has 0 saturated heterocycles. The number of anilines is 1. The molecule has 0 bridgehead atoms. The summed E-state index contributed by atoms with van der Waals surface area (Å²) < 4.78 is 0. The third kappa shape index (κ3) is 2.42. The first kappa shape index (κ1) is 9.99. The lowest BCUT2D eigenvalue weighted by Gasteiger charge is -2.15. The maximum Gasteiger partial charge on any atom is 0.0591 e. The standard InChI is InChI=1S/C10H17N3/c1-4-9(11)10-7-8(13(2)3)5-6-12-10/h5-7,9H,4,11H2,1-3H3. The highest BCUT2D eigenvalue weighted by Crippen LogP contribution is 2.16. The maximum absolute atomic E-state index is 5.88. The molecule has 0 spiro atoms. The van der Waals surface area contributed by atoms with Crippen LogP contribution in [-0.2, 0) is 0 Å². The van der Waals surface area contributed by atoms with Crippen molar-refractivity contribution < 1.29 is 0 Å². The molecule has 1 aromatic rings. The van der Waals surface area contributed by atoms with Crippen LogP contribution in [0.2, 0.25) is 0 Å². The summed E-state index contributed by atoms with van der Waals surface area (Å²) in [5.41, 5.74) is 8.00. The van der Waals surface area contributed by atoms with Crippen molar-refractivity contribution in [1.29, 1.82) is 0 Å². The Morgan fingerprint density at radius 3 is 2.77 bits per heavy atom. The van der Waals surface area contributed by atoms with Crippen LogP contribution in [0.1, 0.15) is 25.1 Å². The van der Waals surface area contributed by atoms with Gasteiger partial charge in [-0.1, -0.05) is 6.92 Å². The zero-order valence-electron chi connectivity index (χ0n) is 8.49. The number of hydrogen-bond donors (Lipinski definition) is 1. The monoisotopic (exact) mass is 179 g/mol. The molecular formula is C10H17N3. The molecular weight excluding hydrogens is 162 g/mol. The second-order valence-corrected chi connectivity index (χ2v) is 3.35. The molecule has 13 heavy (non-hydrogen) atoms.